The standard InChI is InChI=1S/C29H39N9O2/c1-8-13-37-28(40)23-15-31-29(34-27(23)38(37)25(30)11-12-26(39)32-18(2)3)33-22-9-10-24(19(4)14-22)36-17-20(5)35(7)16-21(36)6/h8-12,14-15,18,20-21,30H,1,13,16-17H2,2-7H3,(H,32,39)(H,31,33,34)/b12-11-,30-25?/t20-,21+/m0/s1. The topological polar surface area (TPSA) is 124 Å². The lowest BCUT2D eigenvalue weighted by atomic mass is 10.1. The molecule has 212 valence electrons. The second-order valence-corrected chi connectivity index (χ2v) is 10.7. The number of carbonyl (C=O) groups excluding carboxylic acids is 1. The van der Waals surface area contributed by atoms with Crippen LogP contribution in [0, 0.1) is 12.3 Å². The Kier molecular flexibility index (Phi) is 8.53. The van der Waals surface area contributed by atoms with Crippen LogP contribution >= 0.6 is 0 Å². The molecule has 1 aliphatic heterocycles. The zero-order valence-corrected chi connectivity index (χ0v) is 24.1. The van der Waals surface area contributed by atoms with Crippen molar-refractivity contribution in [2.24, 2.45) is 0 Å². The van der Waals surface area contributed by atoms with Crippen LogP contribution in [0.5, 0.6) is 0 Å². The van der Waals surface area contributed by atoms with E-state index in [4.69, 9.17) is 5.41 Å². The smallest absolute Gasteiger partial charge is 0.278 e. The minimum absolute atomic E-state index is 0.0368. The maximum Gasteiger partial charge on any atom is 0.278 e. The van der Waals surface area contributed by atoms with E-state index >= 15 is 0 Å². The van der Waals surface area contributed by atoms with Crippen LogP contribution in [0.2, 0.25) is 0 Å². The highest BCUT2D eigenvalue weighted by Crippen LogP contribution is 2.29. The molecule has 2 aromatic heterocycles. The maximum absolute atomic E-state index is 13.1. The van der Waals surface area contributed by atoms with Crippen LogP contribution in [0.4, 0.5) is 17.3 Å². The number of anilines is 3. The summed E-state index contributed by atoms with van der Waals surface area (Å²) in [6.07, 6.45) is 5.63. The van der Waals surface area contributed by atoms with Gasteiger partial charge in [-0.25, -0.2) is 14.3 Å². The van der Waals surface area contributed by atoms with Gasteiger partial charge in [0.1, 0.15) is 11.2 Å². The van der Waals surface area contributed by atoms with Crippen molar-refractivity contribution in [2.45, 2.75) is 59.3 Å². The highest BCUT2D eigenvalue weighted by atomic mass is 16.1. The van der Waals surface area contributed by atoms with Gasteiger partial charge in [-0.1, -0.05) is 6.08 Å². The second kappa shape index (κ2) is 11.9. The number of rotatable bonds is 8. The number of hydrogen-bond acceptors (Lipinski definition) is 8. The second-order valence-electron chi connectivity index (χ2n) is 10.7. The average molecular weight is 546 g/mol. The van der Waals surface area contributed by atoms with Gasteiger partial charge in [-0.3, -0.25) is 19.9 Å². The van der Waals surface area contributed by atoms with Crippen LogP contribution in [0.25, 0.3) is 11.0 Å². The first-order valence-corrected chi connectivity index (χ1v) is 13.5. The number of likely N-dealkylation sites (N-methyl/N-ethyl adjacent to an activating group) is 1. The fourth-order valence-electron chi connectivity index (χ4n) is 5.00. The van der Waals surface area contributed by atoms with Crippen molar-refractivity contribution in [3.63, 3.8) is 0 Å². The lowest BCUT2D eigenvalue weighted by Crippen LogP contribution is -2.55. The summed E-state index contributed by atoms with van der Waals surface area (Å²) in [5, 5.41) is 14.9. The van der Waals surface area contributed by atoms with E-state index in [0.29, 0.717) is 18.0 Å². The number of benzene rings is 1. The molecule has 1 amide bonds. The summed E-state index contributed by atoms with van der Waals surface area (Å²) in [5.74, 6) is -0.127. The minimum Gasteiger partial charge on any atom is -0.366 e. The van der Waals surface area contributed by atoms with Crippen molar-refractivity contribution in [1.82, 2.24) is 29.5 Å². The third-order valence-electron chi connectivity index (χ3n) is 7.09. The number of aryl methyl sites for hydroxylation is 1. The van der Waals surface area contributed by atoms with Gasteiger partial charge in [-0.05, 0) is 71.5 Å². The van der Waals surface area contributed by atoms with E-state index in [2.05, 4.69) is 76.9 Å². The minimum atomic E-state index is -0.345. The number of carbonyl (C=O) groups is 1. The van der Waals surface area contributed by atoms with Crippen molar-refractivity contribution in [1.29, 1.82) is 5.41 Å². The van der Waals surface area contributed by atoms with Crippen molar-refractivity contribution in [3.8, 4) is 0 Å². The number of piperazine rings is 1. The molecule has 0 radical (unpaired) electrons. The van der Waals surface area contributed by atoms with E-state index in [9.17, 15) is 9.59 Å². The first kappa shape index (κ1) is 28.8. The van der Waals surface area contributed by atoms with Crippen LogP contribution in [0.15, 0.2) is 54.0 Å². The molecule has 4 rings (SSSR count). The SMILES string of the molecule is C=CCn1c(=O)c2cnc(Nc3ccc(N4C[C@H](C)N(C)C[C@H]4C)c(C)c3)nc2n1C(=N)/C=C\C(=O)NC(C)C. The molecule has 3 N–H and O–H groups in total. The number of nitrogens with one attached hydrogen (secondary N) is 3. The molecular weight excluding hydrogens is 506 g/mol. The van der Waals surface area contributed by atoms with Gasteiger partial charge in [-0.2, -0.15) is 4.98 Å². The number of hydrogen-bond donors (Lipinski definition) is 3. The number of nitrogens with zero attached hydrogens (tertiary/aromatic N) is 6. The Hall–Kier alpha value is -4.25. The Morgan fingerprint density at radius 3 is 2.65 bits per heavy atom. The molecular formula is C29H39N9O2. The predicted octanol–water partition coefficient (Wildman–Crippen LogP) is 3.27. The largest absolute Gasteiger partial charge is 0.366 e. The summed E-state index contributed by atoms with van der Waals surface area (Å²) in [6.45, 7) is 16.2. The van der Waals surface area contributed by atoms with Gasteiger partial charge in [0.2, 0.25) is 11.9 Å². The quantitative estimate of drug-likeness (QED) is 0.172. The summed E-state index contributed by atoms with van der Waals surface area (Å²) in [6, 6.07) is 7.01. The third kappa shape index (κ3) is 5.99. The van der Waals surface area contributed by atoms with Gasteiger partial charge in [0.05, 0.1) is 6.54 Å². The van der Waals surface area contributed by atoms with Crippen LogP contribution in [0.3, 0.4) is 0 Å². The summed E-state index contributed by atoms with van der Waals surface area (Å²) in [5.41, 5.74) is 3.07. The number of amides is 1. The average Bonchev–Trinajstić information content (AvgIpc) is 3.16. The maximum atomic E-state index is 13.1. The molecule has 3 aromatic rings. The molecule has 0 saturated carbocycles. The summed E-state index contributed by atoms with van der Waals surface area (Å²) >= 11 is 0. The Morgan fingerprint density at radius 1 is 1.23 bits per heavy atom. The molecule has 11 heteroatoms. The lowest BCUT2D eigenvalue weighted by Gasteiger charge is -2.44. The van der Waals surface area contributed by atoms with Crippen LogP contribution in [-0.4, -0.2) is 74.2 Å². The molecule has 3 heterocycles. The molecule has 0 bridgehead atoms. The number of aromatic nitrogens is 4. The normalized spacial score (nSPS) is 18.0. The third-order valence-corrected chi connectivity index (χ3v) is 7.09. The number of fused-ring (bicyclic) bond motifs is 1. The van der Waals surface area contributed by atoms with Gasteiger partial charge in [-0.15, -0.1) is 6.58 Å². The molecule has 1 aromatic carbocycles. The highest BCUT2D eigenvalue weighted by Gasteiger charge is 2.27. The molecule has 2 atom stereocenters. The van der Waals surface area contributed by atoms with E-state index in [-0.39, 0.29) is 40.9 Å². The van der Waals surface area contributed by atoms with E-state index in [0.717, 1.165) is 24.3 Å². The fraction of sp³-hybridized carbons (Fsp3) is 0.414. The first-order chi connectivity index (χ1) is 19.0. The Bertz CT molecular complexity index is 1520. The Labute approximate surface area is 234 Å². The molecule has 1 saturated heterocycles. The van der Waals surface area contributed by atoms with Gasteiger partial charge in [0, 0.05) is 54.9 Å². The Balaban J connectivity index is 1.64. The molecule has 40 heavy (non-hydrogen) atoms. The summed E-state index contributed by atoms with van der Waals surface area (Å²) < 4.78 is 2.72. The van der Waals surface area contributed by atoms with Gasteiger partial charge < -0.3 is 15.5 Å². The zero-order chi connectivity index (χ0) is 29.1. The van der Waals surface area contributed by atoms with Crippen LogP contribution in [0.1, 0.15) is 33.3 Å². The van der Waals surface area contributed by atoms with E-state index in [1.54, 1.807) is 6.08 Å². The van der Waals surface area contributed by atoms with Gasteiger partial charge in [0.15, 0.2) is 5.65 Å². The molecule has 0 spiro atoms. The van der Waals surface area contributed by atoms with E-state index in [1.807, 2.05) is 19.9 Å². The molecule has 11 nitrogen and oxygen atoms in total. The molecule has 1 aliphatic rings. The predicted molar refractivity (Wildman–Crippen MR) is 161 cm³/mol. The monoisotopic (exact) mass is 545 g/mol. The zero-order valence-electron chi connectivity index (χ0n) is 24.1. The van der Waals surface area contributed by atoms with Crippen molar-refractivity contribution in [3.05, 3.63) is 65.1 Å². The fourth-order valence-corrected chi connectivity index (χ4v) is 5.00. The van der Waals surface area contributed by atoms with Crippen LogP contribution < -0.4 is 21.1 Å². The summed E-state index contributed by atoms with van der Waals surface area (Å²) in [4.78, 5) is 39.0. The summed E-state index contributed by atoms with van der Waals surface area (Å²) in [7, 11) is 2.17. The van der Waals surface area contributed by atoms with E-state index < -0.39 is 0 Å². The Morgan fingerprint density at radius 2 is 1.98 bits per heavy atom. The molecule has 0 unspecified atom stereocenters. The van der Waals surface area contributed by atoms with Gasteiger partial charge >= 0.3 is 0 Å². The first-order valence-electron chi connectivity index (χ1n) is 13.5. The molecule has 0 aliphatic carbocycles. The highest BCUT2D eigenvalue weighted by molar-refractivity contribution is 6.01. The van der Waals surface area contributed by atoms with Crippen LogP contribution in [-0.2, 0) is 11.3 Å². The lowest BCUT2D eigenvalue weighted by molar-refractivity contribution is -0.116. The molecule has 1 fully saturated rings. The van der Waals surface area contributed by atoms with E-state index in [1.165, 1.54) is 33.4 Å². The van der Waals surface area contributed by atoms with Crippen molar-refractivity contribution >= 4 is 40.1 Å². The number of allylic oxidation sites excluding steroid dienone is 2. The van der Waals surface area contributed by atoms with Gasteiger partial charge in [0.25, 0.3) is 5.56 Å². The van der Waals surface area contributed by atoms with Crippen molar-refractivity contribution < 1.29 is 4.79 Å². The van der Waals surface area contributed by atoms with Crippen molar-refractivity contribution in [2.75, 3.05) is 30.4 Å².